The molecule has 1 atom stereocenters. The normalized spacial score (nSPS) is 19.9. The van der Waals surface area contributed by atoms with Gasteiger partial charge >= 0.3 is 0 Å². The molecule has 1 unspecified atom stereocenters. The van der Waals surface area contributed by atoms with Crippen LogP contribution in [0.1, 0.15) is 44.7 Å². The molecule has 30 heavy (non-hydrogen) atoms. The van der Waals surface area contributed by atoms with Crippen LogP contribution in [-0.2, 0) is 17.8 Å². The van der Waals surface area contributed by atoms with Gasteiger partial charge in [0, 0.05) is 38.8 Å². The Morgan fingerprint density at radius 2 is 1.67 bits per heavy atom. The number of hydrogen-bond acceptors (Lipinski definition) is 4. The van der Waals surface area contributed by atoms with E-state index in [1.165, 1.54) is 37.1 Å². The number of guanidine groups is 1. The van der Waals surface area contributed by atoms with Crippen molar-refractivity contribution in [2.24, 2.45) is 10.9 Å². The van der Waals surface area contributed by atoms with Crippen molar-refractivity contribution < 1.29 is 4.74 Å². The maximum Gasteiger partial charge on any atom is 0.191 e. The van der Waals surface area contributed by atoms with Gasteiger partial charge in [-0.2, -0.15) is 0 Å². The van der Waals surface area contributed by atoms with Crippen LogP contribution in [0.2, 0.25) is 0 Å². The summed E-state index contributed by atoms with van der Waals surface area (Å²) in [6, 6.07) is 9.46. The van der Waals surface area contributed by atoms with Gasteiger partial charge in [0.05, 0.1) is 19.8 Å². The first-order valence-corrected chi connectivity index (χ1v) is 11.8. The summed E-state index contributed by atoms with van der Waals surface area (Å²) in [6.07, 6.45) is 2.69. The van der Waals surface area contributed by atoms with Crippen LogP contribution >= 0.6 is 0 Å². The predicted molar refractivity (Wildman–Crippen MR) is 125 cm³/mol. The van der Waals surface area contributed by atoms with Gasteiger partial charge in [-0.25, -0.2) is 4.99 Å². The van der Waals surface area contributed by atoms with Crippen LogP contribution in [0.5, 0.6) is 0 Å². The zero-order valence-electron chi connectivity index (χ0n) is 19.2. The highest BCUT2D eigenvalue weighted by Crippen LogP contribution is 2.14. The summed E-state index contributed by atoms with van der Waals surface area (Å²) in [5.74, 6) is 1.49. The molecule has 2 fully saturated rings. The van der Waals surface area contributed by atoms with E-state index in [1.54, 1.807) is 0 Å². The summed E-state index contributed by atoms with van der Waals surface area (Å²) in [5, 5.41) is 6.98. The topological polar surface area (TPSA) is 52.1 Å². The summed E-state index contributed by atoms with van der Waals surface area (Å²) < 4.78 is 5.53. The van der Waals surface area contributed by atoms with Crippen LogP contribution in [0.15, 0.2) is 29.3 Å². The molecule has 2 N–H and O–H groups in total. The maximum atomic E-state index is 5.53. The first-order valence-electron chi connectivity index (χ1n) is 11.8. The smallest absolute Gasteiger partial charge is 0.191 e. The standard InChI is InChI=1S/C24H41N5O/c1-4-25-24(27-18-23(20(2)3)29-13-15-30-16-14-29)26-17-21-7-9-22(10-8-21)19-28-11-5-6-12-28/h7-10,20,23H,4-6,11-19H2,1-3H3,(H2,25,26,27). The molecule has 0 radical (unpaired) electrons. The summed E-state index contributed by atoms with van der Waals surface area (Å²) in [5.41, 5.74) is 2.66. The van der Waals surface area contributed by atoms with Crippen molar-refractivity contribution in [2.75, 3.05) is 52.5 Å². The monoisotopic (exact) mass is 415 g/mol. The van der Waals surface area contributed by atoms with E-state index < -0.39 is 0 Å². The fourth-order valence-corrected chi connectivity index (χ4v) is 4.36. The highest BCUT2D eigenvalue weighted by atomic mass is 16.5. The molecule has 6 heteroatoms. The molecule has 0 amide bonds. The van der Waals surface area contributed by atoms with E-state index in [1.807, 2.05) is 0 Å². The van der Waals surface area contributed by atoms with Crippen molar-refractivity contribution in [1.29, 1.82) is 0 Å². The first-order chi connectivity index (χ1) is 14.7. The van der Waals surface area contributed by atoms with Gasteiger partial charge in [0.2, 0.25) is 0 Å². The van der Waals surface area contributed by atoms with Gasteiger partial charge in [-0.3, -0.25) is 9.80 Å². The zero-order chi connectivity index (χ0) is 21.2. The number of nitrogens with zero attached hydrogens (tertiary/aromatic N) is 3. The molecule has 0 bridgehead atoms. The van der Waals surface area contributed by atoms with Gasteiger partial charge in [0.1, 0.15) is 0 Å². The third kappa shape index (κ3) is 7.25. The number of likely N-dealkylation sites (tertiary alicyclic amines) is 1. The highest BCUT2D eigenvalue weighted by Gasteiger charge is 2.23. The Labute approximate surface area is 183 Å². The maximum absolute atomic E-state index is 5.53. The summed E-state index contributed by atoms with van der Waals surface area (Å²) in [6.45, 7) is 16.5. The van der Waals surface area contributed by atoms with E-state index in [4.69, 9.17) is 9.73 Å². The lowest BCUT2D eigenvalue weighted by Crippen LogP contribution is -2.52. The first kappa shape index (κ1) is 23.0. The van der Waals surface area contributed by atoms with Crippen LogP contribution in [0, 0.1) is 5.92 Å². The summed E-state index contributed by atoms with van der Waals surface area (Å²) >= 11 is 0. The van der Waals surface area contributed by atoms with Crippen molar-refractivity contribution >= 4 is 5.96 Å². The molecule has 2 aliphatic rings. The van der Waals surface area contributed by atoms with Crippen LogP contribution in [0.3, 0.4) is 0 Å². The molecule has 0 aromatic heterocycles. The van der Waals surface area contributed by atoms with Gasteiger partial charge in [-0.05, 0) is 49.9 Å². The van der Waals surface area contributed by atoms with Gasteiger partial charge in [-0.1, -0.05) is 38.1 Å². The Hall–Kier alpha value is -1.63. The minimum atomic E-state index is 0.489. The zero-order valence-corrected chi connectivity index (χ0v) is 19.2. The van der Waals surface area contributed by atoms with Crippen molar-refractivity contribution in [3.8, 4) is 0 Å². The molecule has 2 aliphatic heterocycles. The van der Waals surface area contributed by atoms with E-state index in [9.17, 15) is 0 Å². The highest BCUT2D eigenvalue weighted by molar-refractivity contribution is 5.79. The molecular formula is C24H41N5O. The van der Waals surface area contributed by atoms with Gasteiger partial charge in [-0.15, -0.1) is 0 Å². The Kier molecular flexibility index (Phi) is 9.43. The molecule has 1 aromatic carbocycles. The minimum absolute atomic E-state index is 0.489. The number of morpholine rings is 1. The molecule has 0 spiro atoms. The van der Waals surface area contributed by atoms with Crippen LogP contribution in [0.25, 0.3) is 0 Å². The fraction of sp³-hybridized carbons (Fsp3) is 0.708. The van der Waals surface area contributed by atoms with Gasteiger partial charge in [0.15, 0.2) is 5.96 Å². The second-order valence-electron chi connectivity index (χ2n) is 8.84. The third-order valence-electron chi connectivity index (χ3n) is 6.15. The van der Waals surface area contributed by atoms with Gasteiger partial charge in [0.25, 0.3) is 0 Å². The molecular weight excluding hydrogens is 374 g/mol. The molecule has 168 valence electrons. The average Bonchev–Trinajstić information content (AvgIpc) is 3.27. The van der Waals surface area contributed by atoms with Crippen molar-refractivity contribution in [1.82, 2.24) is 20.4 Å². The predicted octanol–water partition coefficient (Wildman–Crippen LogP) is 2.69. The number of rotatable bonds is 9. The van der Waals surface area contributed by atoms with Crippen LogP contribution < -0.4 is 10.6 Å². The number of ether oxygens (including phenoxy) is 1. The molecule has 0 aliphatic carbocycles. The number of benzene rings is 1. The van der Waals surface area contributed by atoms with E-state index in [-0.39, 0.29) is 0 Å². The minimum Gasteiger partial charge on any atom is -0.379 e. The molecule has 0 saturated carbocycles. The van der Waals surface area contributed by atoms with E-state index in [2.05, 4.69) is 65.5 Å². The second kappa shape index (κ2) is 12.3. The molecule has 2 saturated heterocycles. The summed E-state index contributed by atoms with van der Waals surface area (Å²) in [4.78, 5) is 9.92. The second-order valence-corrected chi connectivity index (χ2v) is 8.84. The van der Waals surface area contributed by atoms with Crippen molar-refractivity contribution in [2.45, 2.75) is 52.7 Å². The lowest BCUT2D eigenvalue weighted by atomic mass is 10.0. The van der Waals surface area contributed by atoms with Crippen LogP contribution in [-0.4, -0.2) is 74.3 Å². The Balaban J connectivity index is 1.52. The number of nitrogens with one attached hydrogen (secondary N) is 2. The Morgan fingerprint density at radius 3 is 2.30 bits per heavy atom. The van der Waals surface area contributed by atoms with Crippen LogP contribution in [0.4, 0.5) is 0 Å². The average molecular weight is 416 g/mol. The SMILES string of the molecule is CCNC(=NCc1ccc(CN2CCCC2)cc1)NCC(C(C)C)N1CCOCC1. The van der Waals surface area contributed by atoms with Crippen molar-refractivity contribution in [3.63, 3.8) is 0 Å². The lowest BCUT2D eigenvalue weighted by Gasteiger charge is -2.37. The van der Waals surface area contributed by atoms with E-state index >= 15 is 0 Å². The van der Waals surface area contributed by atoms with E-state index in [0.717, 1.165) is 51.9 Å². The van der Waals surface area contributed by atoms with Crippen molar-refractivity contribution in [3.05, 3.63) is 35.4 Å². The largest absolute Gasteiger partial charge is 0.379 e. The quantitative estimate of drug-likeness (QED) is 0.480. The molecule has 1 aromatic rings. The molecule has 2 heterocycles. The molecule has 3 rings (SSSR count). The number of aliphatic imine (C=N–C) groups is 1. The third-order valence-corrected chi connectivity index (χ3v) is 6.15. The van der Waals surface area contributed by atoms with E-state index in [0.29, 0.717) is 18.5 Å². The summed E-state index contributed by atoms with van der Waals surface area (Å²) in [7, 11) is 0. The van der Waals surface area contributed by atoms with Gasteiger partial charge < -0.3 is 15.4 Å². The lowest BCUT2D eigenvalue weighted by molar-refractivity contribution is 0.00752. The Bertz CT molecular complexity index is 634. The number of hydrogen-bond donors (Lipinski definition) is 2. The molecule has 6 nitrogen and oxygen atoms in total. The Morgan fingerprint density at radius 1 is 1.00 bits per heavy atom. The fourth-order valence-electron chi connectivity index (χ4n) is 4.36.